The quantitative estimate of drug-likeness (QED) is 0.473. The van der Waals surface area contributed by atoms with Crippen LogP contribution in [0.15, 0.2) is 48.6 Å². The molecule has 1 N–H and O–H groups in total. The van der Waals surface area contributed by atoms with E-state index in [-0.39, 0.29) is 28.5 Å². The molecule has 3 atom stereocenters. The number of methoxy groups -OCH3 is 1. The molecule has 0 saturated carbocycles. The van der Waals surface area contributed by atoms with Gasteiger partial charge in [-0.2, -0.15) is 0 Å². The van der Waals surface area contributed by atoms with Crippen molar-refractivity contribution in [1.29, 1.82) is 0 Å². The number of halogens is 1. The van der Waals surface area contributed by atoms with Crippen LogP contribution in [0.5, 0.6) is 5.75 Å². The Labute approximate surface area is 150 Å². The SMILES string of the molecule is COc1cc([N+](=O)[O-])cc2c1N[C@@H](c1cccc(Cl)c1)[C@@H]1CC=C[C@H]21. The lowest BCUT2D eigenvalue weighted by Crippen LogP contribution is -2.29. The summed E-state index contributed by atoms with van der Waals surface area (Å²) in [5.41, 5.74) is 2.91. The van der Waals surface area contributed by atoms with Gasteiger partial charge in [0.2, 0.25) is 0 Å². The number of anilines is 1. The van der Waals surface area contributed by atoms with Crippen LogP contribution in [0.25, 0.3) is 0 Å². The molecule has 2 aliphatic rings. The first-order chi connectivity index (χ1) is 12.1. The van der Waals surface area contributed by atoms with Crippen LogP contribution in [0.3, 0.4) is 0 Å². The maximum atomic E-state index is 11.3. The Kier molecular flexibility index (Phi) is 3.88. The van der Waals surface area contributed by atoms with Gasteiger partial charge in [-0.15, -0.1) is 0 Å². The molecule has 0 fully saturated rings. The van der Waals surface area contributed by atoms with Crippen LogP contribution >= 0.6 is 11.6 Å². The van der Waals surface area contributed by atoms with Crippen LogP contribution in [-0.2, 0) is 0 Å². The van der Waals surface area contributed by atoms with Gasteiger partial charge in [-0.05, 0) is 35.6 Å². The molecule has 4 rings (SSSR count). The van der Waals surface area contributed by atoms with E-state index in [2.05, 4.69) is 23.5 Å². The van der Waals surface area contributed by atoms with Gasteiger partial charge in [0.05, 0.1) is 29.8 Å². The fourth-order valence-corrected chi connectivity index (χ4v) is 4.15. The molecule has 1 aliphatic carbocycles. The molecule has 25 heavy (non-hydrogen) atoms. The fraction of sp³-hybridized carbons (Fsp3) is 0.263. The van der Waals surface area contributed by atoms with Gasteiger partial charge in [0.1, 0.15) is 5.75 Å². The number of nitro benzene ring substituents is 1. The molecule has 0 saturated heterocycles. The van der Waals surface area contributed by atoms with Crippen LogP contribution < -0.4 is 10.1 Å². The van der Waals surface area contributed by atoms with Crippen molar-refractivity contribution in [3.63, 3.8) is 0 Å². The molecule has 1 aliphatic heterocycles. The van der Waals surface area contributed by atoms with Crippen LogP contribution in [0.1, 0.15) is 29.5 Å². The number of fused-ring (bicyclic) bond motifs is 3. The lowest BCUT2D eigenvalue weighted by atomic mass is 9.76. The fourth-order valence-electron chi connectivity index (χ4n) is 3.95. The van der Waals surface area contributed by atoms with Crippen molar-refractivity contribution < 1.29 is 9.66 Å². The Hall–Kier alpha value is -2.53. The number of non-ortho nitro benzene ring substituents is 1. The van der Waals surface area contributed by atoms with E-state index in [1.54, 1.807) is 6.07 Å². The maximum absolute atomic E-state index is 11.3. The van der Waals surface area contributed by atoms with Gasteiger partial charge < -0.3 is 10.1 Å². The molecule has 5 nitrogen and oxygen atoms in total. The predicted molar refractivity (Wildman–Crippen MR) is 97.5 cm³/mol. The zero-order valence-electron chi connectivity index (χ0n) is 13.6. The number of hydrogen-bond donors (Lipinski definition) is 1. The van der Waals surface area contributed by atoms with Gasteiger partial charge in [-0.25, -0.2) is 0 Å². The summed E-state index contributed by atoms with van der Waals surface area (Å²) in [7, 11) is 1.53. The highest BCUT2D eigenvalue weighted by Crippen LogP contribution is 2.53. The van der Waals surface area contributed by atoms with E-state index in [9.17, 15) is 10.1 Å². The summed E-state index contributed by atoms with van der Waals surface area (Å²) in [4.78, 5) is 10.9. The number of nitrogens with zero attached hydrogens (tertiary/aromatic N) is 1. The number of rotatable bonds is 3. The second-order valence-electron chi connectivity index (χ2n) is 6.40. The summed E-state index contributed by atoms with van der Waals surface area (Å²) in [6.07, 6.45) is 5.21. The van der Waals surface area contributed by atoms with E-state index in [1.165, 1.54) is 13.2 Å². The number of allylic oxidation sites excluding steroid dienone is 2. The molecule has 128 valence electrons. The highest BCUT2D eigenvalue weighted by molar-refractivity contribution is 6.30. The first-order valence-corrected chi connectivity index (χ1v) is 8.51. The topological polar surface area (TPSA) is 64.4 Å². The van der Waals surface area contributed by atoms with Crippen LogP contribution in [0, 0.1) is 16.0 Å². The average Bonchev–Trinajstić information content (AvgIpc) is 3.10. The van der Waals surface area contributed by atoms with Gasteiger partial charge in [-0.1, -0.05) is 35.9 Å². The van der Waals surface area contributed by atoms with Crippen molar-refractivity contribution in [2.45, 2.75) is 18.4 Å². The van der Waals surface area contributed by atoms with Crippen molar-refractivity contribution in [3.05, 3.63) is 74.8 Å². The lowest BCUT2D eigenvalue weighted by molar-refractivity contribution is -0.385. The van der Waals surface area contributed by atoms with Crippen LogP contribution in [0.4, 0.5) is 11.4 Å². The first-order valence-electron chi connectivity index (χ1n) is 8.13. The van der Waals surface area contributed by atoms with Crippen molar-refractivity contribution in [2.24, 2.45) is 5.92 Å². The third kappa shape index (κ3) is 2.65. The second-order valence-corrected chi connectivity index (χ2v) is 6.84. The Balaban J connectivity index is 1.85. The molecule has 0 aromatic heterocycles. The molecular formula is C19H17ClN2O3. The van der Waals surface area contributed by atoms with Gasteiger partial charge in [-0.3, -0.25) is 10.1 Å². The summed E-state index contributed by atoms with van der Waals surface area (Å²) in [5, 5.41) is 15.5. The Morgan fingerprint density at radius 2 is 2.16 bits per heavy atom. The maximum Gasteiger partial charge on any atom is 0.273 e. The number of benzene rings is 2. The van der Waals surface area contributed by atoms with Gasteiger partial charge in [0.15, 0.2) is 0 Å². The molecule has 0 bridgehead atoms. The van der Waals surface area contributed by atoms with Gasteiger partial charge >= 0.3 is 0 Å². The van der Waals surface area contributed by atoms with E-state index in [1.807, 2.05) is 18.2 Å². The highest BCUT2D eigenvalue weighted by Gasteiger charge is 2.40. The Bertz CT molecular complexity index is 881. The number of nitrogens with one attached hydrogen (secondary N) is 1. The summed E-state index contributed by atoms with van der Waals surface area (Å²) >= 11 is 6.18. The number of ether oxygens (including phenoxy) is 1. The number of nitro groups is 1. The minimum Gasteiger partial charge on any atom is -0.494 e. The van der Waals surface area contributed by atoms with E-state index in [4.69, 9.17) is 16.3 Å². The van der Waals surface area contributed by atoms with Crippen LogP contribution in [-0.4, -0.2) is 12.0 Å². The van der Waals surface area contributed by atoms with Gasteiger partial charge in [0.25, 0.3) is 5.69 Å². The van der Waals surface area contributed by atoms with Crippen molar-refractivity contribution in [2.75, 3.05) is 12.4 Å². The van der Waals surface area contributed by atoms with Gasteiger partial charge in [0, 0.05) is 17.0 Å². The van der Waals surface area contributed by atoms with E-state index >= 15 is 0 Å². The normalized spacial score (nSPS) is 23.5. The van der Waals surface area contributed by atoms with E-state index in [0.29, 0.717) is 10.8 Å². The summed E-state index contributed by atoms with van der Waals surface area (Å²) in [6.45, 7) is 0. The molecule has 2 aromatic rings. The monoisotopic (exact) mass is 356 g/mol. The summed E-state index contributed by atoms with van der Waals surface area (Å²) in [6, 6.07) is 11.0. The summed E-state index contributed by atoms with van der Waals surface area (Å²) in [5.74, 6) is 0.904. The summed E-state index contributed by atoms with van der Waals surface area (Å²) < 4.78 is 5.44. The third-order valence-corrected chi connectivity index (χ3v) is 5.29. The Morgan fingerprint density at radius 3 is 2.88 bits per heavy atom. The molecule has 0 unspecified atom stereocenters. The average molecular weight is 357 g/mol. The third-order valence-electron chi connectivity index (χ3n) is 5.06. The first kappa shape index (κ1) is 16.0. The molecule has 2 aromatic carbocycles. The van der Waals surface area contributed by atoms with Crippen LogP contribution in [0.2, 0.25) is 5.02 Å². The minimum absolute atomic E-state index is 0.0534. The van der Waals surface area contributed by atoms with E-state index < -0.39 is 0 Å². The van der Waals surface area contributed by atoms with Crippen molar-refractivity contribution in [3.8, 4) is 5.75 Å². The lowest BCUT2D eigenvalue weighted by Gasteiger charge is -2.38. The Morgan fingerprint density at radius 1 is 1.32 bits per heavy atom. The zero-order valence-corrected chi connectivity index (χ0v) is 14.4. The minimum atomic E-state index is -0.375. The molecule has 6 heteroatoms. The van der Waals surface area contributed by atoms with E-state index in [0.717, 1.165) is 23.2 Å². The highest BCUT2D eigenvalue weighted by atomic mass is 35.5. The second kappa shape index (κ2) is 6.08. The predicted octanol–water partition coefficient (Wildman–Crippen LogP) is 5.08. The molecule has 0 radical (unpaired) electrons. The zero-order chi connectivity index (χ0) is 17.6. The standard InChI is InChI=1S/C19H17ClN2O3/c1-25-17-10-13(22(23)24)9-16-14-6-3-7-15(14)18(21-19(16)17)11-4-2-5-12(20)8-11/h2-6,8-10,14-15,18,21H,7H2,1H3/t14-,15+,18-/m0/s1. The smallest absolute Gasteiger partial charge is 0.273 e. The molecule has 1 heterocycles. The largest absolute Gasteiger partial charge is 0.494 e. The molecular weight excluding hydrogens is 340 g/mol. The van der Waals surface area contributed by atoms with Crippen molar-refractivity contribution in [1.82, 2.24) is 0 Å². The number of hydrogen-bond acceptors (Lipinski definition) is 4. The molecule has 0 amide bonds. The molecule has 0 spiro atoms. The van der Waals surface area contributed by atoms with Crippen molar-refractivity contribution >= 4 is 23.0 Å².